The second-order valence-corrected chi connectivity index (χ2v) is 13.1. The van der Waals surface area contributed by atoms with Crippen LogP contribution in [-0.2, 0) is 19.3 Å². The maximum absolute atomic E-state index is 13.8. The highest BCUT2D eigenvalue weighted by atomic mass is 32.2. The van der Waals surface area contributed by atoms with E-state index < -0.39 is 32.3 Å². The van der Waals surface area contributed by atoms with Gasteiger partial charge in [-0.3, -0.25) is 9.89 Å². The number of carbonyl (C=O) groups is 1. The first-order valence-electron chi connectivity index (χ1n) is 14.2. The van der Waals surface area contributed by atoms with Crippen molar-refractivity contribution in [1.82, 2.24) is 15.1 Å². The maximum atomic E-state index is 13.8. The molecule has 0 spiro atoms. The van der Waals surface area contributed by atoms with Gasteiger partial charge in [-0.05, 0) is 68.5 Å². The molecule has 242 valence electrons. The minimum atomic E-state index is -4.28. The van der Waals surface area contributed by atoms with Crippen LogP contribution in [0.5, 0.6) is 0 Å². The Morgan fingerprint density at radius 3 is 2.31 bits per heavy atom. The molecule has 0 aliphatic carbocycles. The van der Waals surface area contributed by atoms with Crippen molar-refractivity contribution >= 4 is 43.8 Å². The first-order chi connectivity index (χ1) is 21.4. The number of aromatic amines is 1. The van der Waals surface area contributed by atoms with Crippen LogP contribution < -0.4 is 16.0 Å². The van der Waals surface area contributed by atoms with Crippen LogP contribution in [0.2, 0.25) is 0 Å². The number of nitrogens with one attached hydrogen (secondary N) is 4. The molecule has 0 fully saturated rings. The number of anilines is 3. The van der Waals surface area contributed by atoms with E-state index in [0.29, 0.717) is 47.4 Å². The van der Waals surface area contributed by atoms with E-state index in [0.717, 1.165) is 30.9 Å². The van der Waals surface area contributed by atoms with Gasteiger partial charge in [0.25, 0.3) is 5.91 Å². The Labute approximate surface area is 261 Å². The minimum Gasteiger partial charge on any atom is -0.385 e. The number of aromatic nitrogens is 2. The van der Waals surface area contributed by atoms with Gasteiger partial charge < -0.3 is 30.3 Å². The topological polar surface area (TPSA) is 138 Å². The highest BCUT2D eigenvalue weighted by Crippen LogP contribution is 2.30. The van der Waals surface area contributed by atoms with Crippen molar-refractivity contribution in [2.75, 3.05) is 70.6 Å². The van der Waals surface area contributed by atoms with Crippen molar-refractivity contribution in [1.29, 1.82) is 0 Å². The lowest BCUT2D eigenvalue weighted by Crippen LogP contribution is -2.31. The molecule has 1 unspecified atom stereocenters. The molecule has 0 radical (unpaired) electrons. The first-order valence-corrected chi connectivity index (χ1v) is 15.7. The average molecular weight is 645 g/mol. The van der Waals surface area contributed by atoms with Crippen LogP contribution in [0.1, 0.15) is 17.3 Å². The zero-order valence-electron chi connectivity index (χ0n) is 25.8. The number of fused-ring (bicyclic) bond motifs is 1. The van der Waals surface area contributed by atoms with Gasteiger partial charge in [0.15, 0.2) is 5.82 Å². The van der Waals surface area contributed by atoms with Gasteiger partial charge in [-0.2, -0.15) is 5.10 Å². The number of sulfone groups is 1. The summed E-state index contributed by atoms with van der Waals surface area (Å²) in [5.41, 5.74) is 2.07. The van der Waals surface area contributed by atoms with E-state index >= 15 is 0 Å². The summed E-state index contributed by atoms with van der Waals surface area (Å²) in [6, 6.07) is 11.2. The molecule has 3 aromatic carbocycles. The van der Waals surface area contributed by atoms with Crippen molar-refractivity contribution in [2.24, 2.45) is 5.92 Å². The molecule has 4 N–H and O–H groups in total. The van der Waals surface area contributed by atoms with E-state index in [2.05, 4.69) is 38.0 Å². The number of benzene rings is 3. The predicted molar refractivity (Wildman–Crippen MR) is 170 cm³/mol. The number of nitrogens with zero attached hydrogens (tertiary/aromatic N) is 2. The summed E-state index contributed by atoms with van der Waals surface area (Å²) in [5.74, 6) is -2.09. The van der Waals surface area contributed by atoms with Gasteiger partial charge in [0.05, 0.1) is 40.1 Å². The quantitative estimate of drug-likeness (QED) is 0.146. The molecule has 1 aromatic heterocycles. The van der Waals surface area contributed by atoms with Crippen LogP contribution >= 0.6 is 0 Å². The highest BCUT2D eigenvalue weighted by molar-refractivity contribution is 7.91. The third kappa shape index (κ3) is 8.54. The number of methoxy groups -OCH3 is 2. The second-order valence-electron chi connectivity index (χ2n) is 11.1. The van der Waals surface area contributed by atoms with E-state index in [1.54, 1.807) is 26.4 Å². The number of carbonyl (C=O) groups excluding carboxylic acids is 1. The van der Waals surface area contributed by atoms with E-state index in [9.17, 15) is 22.0 Å². The van der Waals surface area contributed by atoms with Gasteiger partial charge in [-0.15, -0.1) is 0 Å². The molecule has 0 saturated carbocycles. The highest BCUT2D eigenvalue weighted by Gasteiger charge is 2.23. The van der Waals surface area contributed by atoms with E-state index in [4.69, 9.17) is 9.47 Å². The van der Waals surface area contributed by atoms with Crippen molar-refractivity contribution in [2.45, 2.75) is 22.8 Å². The van der Waals surface area contributed by atoms with Crippen molar-refractivity contribution in [3.05, 3.63) is 71.8 Å². The van der Waals surface area contributed by atoms with E-state index in [1.807, 2.05) is 20.2 Å². The van der Waals surface area contributed by atoms with Gasteiger partial charge in [0.2, 0.25) is 9.84 Å². The van der Waals surface area contributed by atoms with Crippen LogP contribution in [0.15, 0.2) is 64.4 Å². The Morgan fingerprint density at radius 1 is 0.978 bits per heavy atom. The summed E-state index contributed by atoms with van der Waals surface area (Å²) in [5, 5.41) is 16.8. The molecule has 11 nitrogen and oxygen atoms in total. The van der Waals surface area contributed by atoms with Crippen molar-refractivity contribution in [3.63, 3.8) is 0 Å². The Bertz CT molecular complexity index is 1720. The smallest absolute Gasteiger partial charge is 0.258 e. The van der Waals surface area contributed by atoms with Crippen LogP contribution in [0.4, 0.5) is 26.0 Å². The third-order valence-corrected chi connectivity index (χ3v) is 8.64. The molecule has 1 heterocycles. The first kappa shape index (κ1) is 33.8. The number of halogens is 2. The summed E-state index contributed by atoms with van der Waals surface area (Å²) in [6.07, 6.45) is 0. The lowest BCUT2D eigenvalue weighted by molar-refractivity contribution is 0.102. The third-order valence-electron chi connectivity index (χ3n) is 6.91. The number of rotatable bonds is 15. The van der Waals surface area contributed by atoms with Gasteiger partial charge in [0.1, 0.15) is 11.6 Å². The summed E-state index contributed by atoms with van der Waals surface area (Å²) in [4.78, 5) is 15.0. The molecule has 45 heavy (non-hydrogen) atoms. The molecule has 1 amide bonds. The number of ether oxygens (including phenoxy) is 2. The molecular formula is C31H38F2N6O5S. The largest absolute Gasteiger partial charge is 0.385 e. The Hall–Kier alpha value is -4.11. The summed E-state index contributed by atoms with van der Waals surface area (Å²) >= 11 is 0. The molecule has 4 aromatic rings. The normalized spacial score (nSPS) is 12.6. The lowest BCUT2D eigenvalue weighted by atomic mass is 10.1. The number of hydrogen-bond acceptors (Lipinski definition) is 9. The van der Waals surface area contributed by atoms with Gasteiger partial charge >= 0.3 is 0 Å². The molecule has 0 aliphatic heterocycles. The van der Waals surface area contributed by atoms with Crippen LogP contribution in [-0.4, -0.2) is 90.1 Å². The van der Waals surface area contributed by atoms with Crippen LogP contribution in [0, 0.1) is 17.6 Å². The molecule has 0 saturated heterocycles. The number of hydrogen-bond donors (Lipinski definition) is 4. The van der Waals surface area contributed by atoms with Crippen molar-refractivity contribution in [3.8, 4) is 0 Å². The Balaban J connectivity index is 1.64. The zero-order valence-corrected chi connectivity index (χ0v) is 26.6. The average Bonchev–Trinajstić information content (AvgIpc) is 3.37. The van der Waals surface area contributed by atoms with Gasteiger partial charge in [-0.25, -0.2) is 17.2 Å². The molecule has 0 bridgehead atoms. The fourth-order valence-corrected chi connectivity index (χ4v) is 6.28. The Morgan fingerprint density at radius 2 is 1.67 bits per heavy atom. The minimum absolute atomic E-state index is 0.0773. The number of amides is 1. The lowest BCUT2D eigenvalue weighted by Gasteiger charge is -2.22. The summed E-state index contributed by atoms with van der Waals surface area (Å²) in [7, 11) is 2.90. The Kier molecular flexibility index (Phi) is 11.1. The van der Waals surface area contributed by atoms with Gasteiger partial charge in [-0.1, -0.05) is 6.92 Å². The van der Waals surface area contributed by atoms with E-state index in [-0.39, 0.29) is 16.8 Å². The standard InChI is InChI=1S/C31H38F2N6O5S/c1-19(16-39(2)3)15-34-22-6-8-26(29(13-22)35-23(17-43-4)18-44-5)31(40)36-30-27-14-24(7-9-28(27)37-38-30)45(41,42)25-11-20(32)10-21(33)12-25/h6-14,19,23,34-35H,15-18H2,1-5H3,(H2,36,37,38,40). The van der Waals surface area contributed by atoms with Gasteiger partial charge in [0, 0.05) is 50.1 Å². The molecule has 14 heteroatoms. The van der Waals surface area contributed by atoms with E-state index in [1.165, 1.54) is 18.2 Å². The second kappa shape index (κ2) is 14.8. The molecule has 0 aliphatic rings. The van der Waals surface area contributed by atoms with Crippen LogP contribution in [0.25, 0.3) is 10.9 Å². The summed E-state index contributed by atoms with van der Waals surface area (Å²) in [6.45, 7) is 4.41. The molecule has 4 rings (SSSR count). The zero-order chi connectivity index (χ0) is 32.7. The maximum Gasteiger partial charge on any atom is 0.258 e. The van der Waals surface area contributed by atoms with Crippen LogP contribution in [0.3, 0.4) is 0 Å². The van der Waals surface area contributed by atoms with Crippen molar-refractivity contribution < 1.29 is 31.5 Å². The predicted octanol–water partition coefficient (Wildman–Crippen LogP) is 4.61. The molecular weight excluding hydrogens is 606 g/mol. The monoisotopic (exact) mass is 644 g/mol. The fraction of sp³-hybridized carbons (Fsp3) is 0.355. The summed E-state index contributed by atoms with van der Waals surface area (Å²) < 4.78 is 64.7. The fourth-order valence-electron chi connectivity index (χ4n) is 4.96. The molecule has 1 atom stereocenters. The SMILES string of the molecule is COCC(COC)Nc1cc(NCC(C)CN(C)C)ccc1C(=O)Nc1n[nH]c2ccc(S(=O)(=O)c3cc(F)cc(F)c3)cc12. The number of H-pyrrole nitrogens is 1.